The molecule has 0 spiro atoms. The molecule has 1 aliphatic rings. The summed E-state index contributed by atoms with van der Waals surface area (Å²) in [7, 11) is 1.66. The molecule has 0 aromatic rings. The second-order valence-corrected chi connectivity index (χ2v) is 4.43. The lowest BCUT2D eigenvalue weighted by atomic mass is 10.1. The molecule has 1 aliphatic carbocycles. The van der Waals surface area contributed by atoms with Crippen LogP contribution in [0.4, 0.5) is 0 Å². The Kier molecular flexibility index (Phi) is 5.46. The molecule has 0 fully saturated rings. The Hall–Kier alpha value is -0.380. The van der Waals surface area contributed by atoms with Gasteiger partial charge >= 0.3 is 0 Å². The van der Waals surface area contributed by atoms with Crippen molar-refractivity contribution in [3.63, 3.8) is 0 Å². The van der Waals surface area contributed by atoms with Crippen molar-refractivity contribution in [1.29, 1.82) is 0 Å². The Balaban J connectivity index is 2.57. The minimum Gasteiger partial charge on any atom is -0.392 e. The van der Waals surface area contributed by atoms with E-state index in [0.29, 0.717) is 6.61 Å². The Morgan fingerprint density at radius 2 is 2.12 bits per heavy atom. The predicted molar refractivity (Wildman–Crippen MR) is 64.2 cm³/mol. The highest BCUT2D eigenvalue weighted by Crippen LogP contribution is 2.38. The van der Waals surface area contributed by atoms with E-state index in [-0.39, 0.29) is 6.61 Å². The van der Waals surface area contributed by atoms with E-state index in [1.807, 2.05) is 6.92 Å². The van der Waals surface area contributed by atoms with Crippen molar-refractivity contribution in [2.75, 3.05) is 20.3 Å². The van der Waals surface area contributed by atoms with E-state index in [1.54, 1.807) is 7.11 Å². The normalized spacial score (nSPS) is 25.5. The lowest BCUT2D eigenvalue weighted by Crippen LogP contribution is -2.36. The number of ether oxygens (including phenoxy) is 2. The maximum Gasteiger partial charge on any atom is 0.193 e. The van der Waals surface area contributed by atoms with Crippen LogP contribution in [0.1, 0.15) is 46.0 Å². The molecule has 3 heteroatoms. The zero-order valence-electron chi connectivity index (χ0n) is 10.7. The average molecular weight is 228 g/mol. The molecule has 0 amide bonds. The zero-order valence-corrected chi connectivity index (χ0v) is 10.7. The first kappa shape index (κ1) is 13.7. The highest BCUT2D eigenvalue weighted by Gasteiger charge is 2.40. The van der Waals surface area contributed by atoms with Gasteiger partial charge in [0.15, 0.2) is 5.79 Å². The summed E-state index contributed by atoms with van der Waals surface area (Å²) in [6.45, 7) is 4.96. The van der Waals surface area contributed by atoms with Gasteiger partial charge in [0.2, 0.25) is 0 Å². The average Bonchev–Trinajstić information content (AvgIpc) is 2.62. The molecule has 0 saturated carbocycles. The van der Waals surface area contributed by atoms with Crippen LogP contribution in [0.25, 0.3) is 0 Å². The van der Waals surface area contributed by atoms with E-state index in [2.05, 4.69) is 6.92 Å². The van der Waals surface area contributed by atoms with Gasteiger partial charge in [-0.25, -0.2) is 0 Å². The van der Waals surface area contributed by atoms with E-state index in [1.165, 1.54) is 18.4 Å². The number of hydrogen-bond acceptors (Lipinski definition) is 3. The van der Waals surface area contributed by atoms with Crippen molar-refractivity contribution in [3.05, 3.63) is 11.1 Å². The molecule has 1 unspecified atom stereocenters. The van der Waals surface area contributed by atoms with E-state index in [9.17, 15) is 5.11 Å². The summed E-state index contributed by atoms with van der Waals surface area (Å²) in [4.78, 5) is 0. The van der Waals surface area contributed by atoms with Gasteiger partial charge in [0.1, 0.15) is 0 Å². The van der Waals surface area contributed by atoms with Crippen LogP contribution in [0.5, 0.6) is 0 Å². The van der Waals surface area contributed by atoms with Crippen LogP contribution in [0.3, 0.4) is 0 Å². The largest absolute Gasteiger partial charge is 0.392 e. The molecule has 0 aromatic carbocycles. The third-order valence-electron chi connectivity index (χ3n) is 3.38. The van der Waals surface area contributed by atoms with Gasteiger partial charge in [0, 0.05) is 19.1 Å². The molecule has 0 saturated heterocycles. The van der Waals surface area contributed by atoms with Gasteiger partial charge in [-0.1, -0.05) is 25.3 Å². The summed E-state index contributed by atoms with van der Waals surface area (Å²) in [5.41, 5.74) is 2.13. The number of methoxy groups -OCH3 is 1. The highest BCUT2D eigenvalue weighted by molar-refractivity contribution is 5.27. The minimum atomic E-state index is -0.646. The summed E-state index contributed by atoms with van der Waals surface area (Å²) >= 11 is 0. The van der Waals surface area contributed by atoms with E-state index in [0.717, 1.165) is 24.8 Å². The molecular formula is C13H24O3. The molecule has 1 atom stereocenters. The third kappa shape index (κ3) is 2.84. The van der Waals surface area contributed by atoms with E-state index in [4.69, 9.17) is 9.47 Å². The van der Waals surface area contributed by atoms with Gasteiger partial charge in [-0.15, -0.1) is 0 Å². The fourth-order valence-corrected chi connectivity index (χ4v) is 2.27. The SMILES string of the molecule is CCCCCOC1(OC)CCC(C)=C1CO. The topological polar surface area (TPSA) is 38.7 Å². The number of unbranched alkanes of at least 4 members (excludes halogenated alkanes) is 2. The summed E-state index contributed by atoms with van der Waals surface area (Å²) in [6, 6.07) is 0. The first-order valence-corrected chi connectivity index (χ1v) is 6.19. The summed E-state index contributed by atoms with van der Waals surface area (Å²) in [5, 5.41) is 9.39. The fourth-order valence-electron chi connectivity index (χ4n) is 2.27. The summed E-state index contributed by atoms with van der Waals surface area (Å²) in [5.74, 6) is -0.646. The fraction of sp³-hybridized carbons (Fsp3) is 0.846. The maximum atomic E-state index is 9.39. The van der Waals surface area contributed by atoms with Gasteiger partial charge in [-0.05, 0) is 19.8 Å². The number of aliphatic hydroxyl groups is 1. The van der Waals surface area contributed by atoms with Crippen molar-refractivity contribution in [2.24, 2.45) is 0 Å². The van der Waals surface area contributed by atoms with Crippen LogP contribution >= 0.6 is 0 Å². The molecule has 0 aromatic heterocycles. The Bertz CT molecular complexity index is 248. The lowest BCUT2D eigenvalue weighted by molar-refractivity contribution is -0.198. The molecule has 94 valence electrons. The zero-order chi connectivity index (χ0) is 12.0. The summed E-state index contributed by atoms with van der Waals surface area (Å²) < 4.78 is 11.4. The molecule has 0 radical (unpaired) electrons. The molecule has 3 nitrogen and oxygen atoms in total. The van der Waals surface area contributed by atoms with Gasteiger partial charge in [-0.3, -0.25) is 0 Å². The maximum absolute atomic E-state index is 9.39. The molecule has 0 heterocycles. The van der Waals surface area contributed by atoms with Crippen molar-refractivity contribution >= 4 is 0 Å². The molecule has 0 aliphatic heterocycles. The monoisotopic (exact) mass is 228 g/mol. The lowest BCUT2D eigenvalue weighted by Gasteiger charge is -2.30. The van der Waals surface area contributed by atoms with Crippen LogP contribution < -0.4 is 0 Å². The Labute approximate surface area is 98.4 Å². The predicted octanol–water partition coefficient (Wildman–Crippen LogP) is 2.64. The number of allylic oxidation sites excluding steroid dienone is 1. The van der Waals surface area contributed by atoms with Gasteiger partial charge in [0.25, 0.3) is 0 Å². The van der Waals surface area contributed by atoms with Gasteiger partial charge in [0.05, 0.1) is 13.2 Å². The number of rotatable bonds is 7. The van der Waals surface area contributed by atoms with Crippen molar-refractivity contribution in [2.45, 2.75) is 51.7 Å². The Morgan fingerprint density at radius 1 is 1.38 bits per heavy atom. The highest BCUT2D eigenvalue weighted by atomic mass is 16.7. The van der Waals surface area contributed by atoms with Crippen molar-refractivity contribution < 1.29 is 14.6 Å². The standard InChI is InChI=1S/C13H24O3/c1-4-5-6-9-16-13(15-3)8-7-11(2)12(13)10-14/h14H,4-10H2,1-3H3. The molecule has 0 bridgehead atoms. The van der Waals surface area contributed by atoms with Crippen LogP contribution in [-0.4, -0.2) is 31.2 Å². The summed E-state index contributed by atoms with van der Waals surface area (Å²) in [6.07, 6.45) is 5.20. The third-order valence-corrected chi connectivity index (χ3v) is 3.38. The first-order chi connectivity index (χ1) is 7.70. The number of hydrogen-bond donors (Lipinski definition) is 1. The van der Waals surface area contributed by atoms with Crippen LogP contribution in [0, 0.1) is 0 Å². The Morgan fingerprint density at radius 3 is 2.69 bits per heavy atom. The van der Waals surface area contributed by atoms with Crippen LogP contribution in [-0.2, 0) is 9.47 Å². The van der Waals surface area contributed by atoms with E-state index >= 15 is 0 Å². The van der Waals surface area contributed by atoms with Crippen LogP contribution in [0.2, 0.25) is 0 Å². The second kappa shape index (κ2) is 6.38. The van der Waals surface area contributed by atoms with Crippen LogP contribution in [0.15, 0.2) is 11.1 Å². The second-order valence-electron chi connectivity index (χ2n) is 4.43. The smallest absolute Gasteiger partial charge is 0.193 e. The van der Waals surface area contributed by atoms with Gasteiger partial charge < -0.3 is 14.6 Å². The molecule has 1 N–H and O–H groups in total. The quantitative estimate of drug-likeness (QED) is 0.413. The molecule has 16 heavy (non-hydrogen) atoms. The molecule has 1 rings (SSSR count). The van der Waals surface area contributed by atoms with E-state index < -0.39 is 5.79 Å². The van der Waals surface area contributed by atoms with Crippen molar-refractivity contribution in [1.82, 2.24) is 0 Å². The number of aliphatic hydroxyl groups excluding tert-OH is 1. The minimum absolute atomic E-state index is 0.0352. The van der Waals surface area contributed by atoms with Gasteiger partial charge in [-0.2, -0.15) is 0 Å². The first-order valence-electron chi connectivity index (χ1n) is 6.19. The molecular weight excluding hydrogens is 204 g/mol. The van der Waals surface area contributed by atoms with Crippen molar-refractivity contribution in [3.8, 4) is 0 Å².